The predicted octanol–water partition coefficient (Wildman–Crippen LogP) is 4.82. The number of nitrogens with zero attached hydrogens (tertiary/aromatic N) is 2. The van der Waals surface area contributed by atoms with Crippen LogP contribution in [0, 0.1) is 13.8 Å². The zero-order valence-corrected chi connectivity index (χ0v) is 25.2. The molecule has 0 saturated heterocycles. The average Bonchev–Trinajstić information content (AvgIpc) is 2.91. The number of hydrogen-bond acceptors (Lipinski definition) is 5. The van der Waals surface area contributed by atoms with Crippen molar-refractivity contribution in [2.24, 2.45) is 0 Å². The molecule has 39 heavy (non-hydrogen) atoms. The summed E-state index contributed by atoms with van der Waals surface area (Å²) in [7, 11) is -2.69. The Labute approximate surface area is 239 Å². The minimum Gasteiger partial charge on any atom is -0.496 e. The number of methoxy groups -OCH3 is 1. The van der Waals surface area contributed by atoms with E-state index in [2.05, 4.69) is 21.2 Å². The number of nitrogens with one attached hydrogen (secondary N) is 1. The van der Waals surface area contributed by atoms with Crippen LogP contribution in [-0.2, 0) is 26.2 Å². The van der Waals surface area contributed by atoms with Crippen LogP contribution in [0.3, 0.4) is 0 Å². The smallest absolute Gasteiger partial charge is 0.264 e. The molecule has 0 aromatic heterocycles. The van der Waals surface area contributed by atoms with Crippen LogP contribution in [0.25, 0.3) is 0 Å². The number of amides is 2. The molecule has 208 valence electrons. The quantitative estimate of drug-likeness (QED) is 0.333. The highest BCUT2D eigenvalue weighted by Crippen LogP contribution is 2.31. The summed E-state index contributed by atoms with van der Waals surface area (Å²) in [5.41, 5.74) is 3.17. The fourth-order valence-corrected chi connectivity index (χ4v) is 6.10. The monoisotopic (exact) mass is 615 g/mol. The van der Waals surface area contributed by atoms with Gasteiger partial charge in [-0.15, -0.1) is 0 Å². The van der Waals surface area contributed by atoms with E-state index < -0.39 is 28.5 Å². The molecule has 0 aliphatic rings. The molecule has 0 fully saturated rings. The molecule has 0 saturated carbocycles. The Morgan fingerprint density at radius 2 is 1.56 bits per heavy atom. The Hall–Kier alpha value is -3.37. The summed E-state index contributed by atoms with van der Waals surface area (Å²) in [4.78, 5) is 28.1. The van der Waals surface area contributed by atoms with E-state index in [4.69, 9.17) is 4.74 Å². The van der Waals surface area contributed by atoms with Gasteiger partial charge in [0.2, 0.25) is 11.8 Å². The second kappa shape index (κ2) is 13.1. The van der Waals surface area contributed by atoms with Crippen molar-refractivity contribution in [2.75, 3.05) is 24.5 Å². The molecule has 0 unspecified atom stereocenters. The lowest BCUT2D eigenvalue weighted by molar-refractivity contribution is -0.139. The van der Waals surface area contributed by atoms with Crippen LogP contribution in [0.15, 0.2) is 76.1 Å². The van der Waals surface area contributed by atoms with Gasteiger partial charge < -0.3 is 15.0 Å². The van der Waals surface area contributed by atoms with E-state index in [-0.39, 0.29) is 17.3 Å². The molecule has 2 amide bonds. The molecule has 0 bridgehead atoms. The van der Waals surface area contributed by atoms with Gasteiger partial charge in [-0.1, -0.05) is 47.5 Å². The molecule has 1 N–H and O–H groups in total. The first-order chi connectivity index (χ1) is 18.5. The Balaban J connectivity index is 2.04. The van der Waals surface area contributed by atoms with Gasteiger partial charge in [0.05, 0.1) is 22.2 Å². The van der Waals surface area contributed by atoms with Gasteiger partial charge in [-0.3, -0.25) is 13.9 Å². The molecule has 10 heteroatoms. The number of halogens is 1. The molecule has 0 aliphatic heterocycles. The number of aryl methyl sites for hydroxylation is 2. The molecule has 1 atom stereocenters. The van der Waals surface area contributed by atoms with Crippen molar-refractivity contribution in [3.63, 3.8) is 0 Å². The Morgan fingerprint density at radius 3 is 2.10 bits per heavy atom. The number of ether oxygens (including phenoxy) is 1. The zero-order valence-electron chi connectivity index (χ0n) is 22.8. The third-order valence-electron chi connectivity index (χ3n) is 6.30. The number of likely N-dealkylation sites (N-methyl/N-ethyl adjacent to an activating group) is 1. The molecule has 0 heterocycles. The minimum absolute atomic E-state index is 0.00888. The summed E-state index contributed by atoms with van der Waals surface area (Å²) in [5, 5.41) is 2.76. The van der Waals surface area contributed by atoms with Crippen LogP contribution in [0.2, 0.25) is 0 Å². The van der Waals surface area contributed by atoms with E-state index in [9.17, 15) is 18.0 Å². The van der Waals surface area contributed by atoms with Gasteiger partial charge in [0.25, 0.3) is 10.0 Å². The van der Waals surface area contributed by atoms with Crippen molar-refractivity contribution in [1.82, 2.24) is 10.2 Å². The largest absolute Gasteiger partial charge is 0.496 e. The second-order valence-electron chi connectivity index (χ2n) is 9.22. The minimum atomic E-state index is -4.18. The molecule has 3 rings (SSSR count). The van der Waals surface area contributed by atoms with E-state index in [1.54, 1.807) is 44.2 Å². The third-order valence-corrected chi connectivity index (χ3v) is 8.69. The van der Waals surface area contributed by atoms with Gasteiger partial charge in [0.15, 0.2) is 0 Å². The summed E-state index contributed by atoms with van der Waals surface area (Å²) < 4.78 is 34.7. The lowest BCUT2D eigenvalue weighted by Crippen LogP contribution is -2.51. The van der Waals surface area contributed by atoms with Gasteiger partial charge in [-0.25, -0.2) is 8.42 Å². The zero-order chi connectivity index (χ0) is 28.7. The van der Waals surface area contributed by atoms with Crippen molar-refractivity contribution in [1.29, 1.82) is 0 Å². The maximum Gasteiger partial charge on any atom is 0.264 e. The van der Waals surface area contributed by atoms with E-state index >= 15 is 0 Å². The lowest BCUT2D eigenvalue weighted by Gasteiger charge is -2.32. The van der Waals surface area contributed by atoms with E-state index in [0.717, 1.165) is 21.0 Å². The first-order valence-electron chi connectivity index (χ1n) is 12.5. The molecule has 0 radical (unpaired) electrons. The summed E-state index contributed by atoms with van der Waals surface area (Å²) >= 11 is 3.35. The number of rotatable bonds is 11. The molecule has 3 aromatic carbocycles. The summed E-state index contributed by atoms with van der Waals surface area (Å²) in [6.07, 6.45) is 0. The normalized spacial score (nSPS) is 11.9. The second-order valence-corrected chi connectivity index (χ2v) is 11.9. The number of anilines is 1. The number of benzene rings is 3. The first kappa shape index (κ1) is 30.2. The first-order valence-corrected chi connectivity index (χ1v) is 14.8. The van der Waals surface area contributed by atoms with Gasteiger partial charge in [-0.2, -0.15) is 0 Å². The van der Waals surface area contributed by atoms with Crippen LogP contribution >= 0.6 is 15.9 Å². The average molecular weight is 617 g/mol. The standard InChI is InChI=1S/C29H34BrN3O5S/c1-6-31-29(35)22(4)32(18-23-11-7-20(2)8-12-23)28(34)19-33(24-13-9-21(3)10-14-24)39(36,37)25-15-16-27(38-5)26(30)17-25/h7-17,22H,6,18-19H2,1-5H3,(H,31,35)/t22-/m1/s1. The molecule has 3 aromatic rings. The maximum absolute atomic E-state index is 13.9. The number of sulfonamides is 1. The topological polar surface area (TPSA) is 96.0 Å². The summed E-state index contributed by atoms with van der Waals surface area (Å²) in [6.45, 7) is 7.36. The highest BCUT2D eigenvalue weighted by molar-refractivity contribution is 9.10. The van der Waals surface area contributed by atoms with Crippen LogP contribution in [-0.4, -0.2) is 51.4 Å². The van der Waals surface area contributed by atoms with E-state index in [0.29, 0.717) is 22.5 Å². The van der Waals surface area contributed by atoms with Crippen molar-refractivity contribution >= 4 is 43.5 Å². The number of carbonyl (C=O) groups excluding carboxylic acids is 2. The van der Waals surface area contributed by atoms with Crippen molar-refractivity contribution < 1.29 is 22.7 Å². The Morgan fingerprint density at radius 1 is 0.974 bits per heavy atom. The fraction of sp³-hybridized carbons (Fsp3) is 0.310. The van der Waals surface area contributed by atoms with E-state index in [1.807, 2.05) is 38.1 Å². The molecule has 8 nitrogen and oxygen atoms in total. The summed E-state index contributed by atoms with van der Waals surface area (Å²) in [5.74, 6) is -0.347. The van der Waals surface area contributed by atoms with Gasteiger partial charge in [-0.05, 0) is 79.5 Å². The fourth-order valence-electron chi connectivity index (χ4n) is 3.97. The highest BCUT2D eigenvalue weighted by Gasteiger charge is 2.32. The van der Waals surface area contributed by atoms with Crippen LogP contribution in [0.4, 0.5) is 5.69 Å². The van der Waals surface area contributed by atoms with Crippen LogP contribution in [0.1, 0.15) is 30.5 Å². The van der Waals surface area contributed by atoms with Gasteiger partial charge in [0, 0.05) is 13.1 Å². The van der Waals surface area contributed by atoms with Crippen LogP contribution < -0.4 is 14.4 Å². The number of hydrogen-bond donors (Lipinski definition) is 1. The molecular formula is C29H34BrN3O5S. The third kappa shape index (κ3) is 7.39. The molecular weight excluding hydrogens is 582 g/mol. The van der Waals surface area contributed by atoms with Gasteiger partial charge >= 0.3 is 0 Å². The maximum atomic E-state index is 13.9. The SMILES string of the molecule is CCNC(=O)[C@@H](C)N(Cc1ccc(C)cc1)C(=O)CN(c1ccc(C)cc1)S(=O)(=O)c1ccc(OC)c(Br)c1. The van der Waals surface area contributed by atoms with Crippen molar-refractivity contribution in [3.8, 4) is 5.75 Å². The Bertz CT molecular complexity index is 1410. The van der Waals surface area contributed by atoms with Crippen LogP contribution in [0.5, 0.6) is 5.75 Å². The number of carbonyl (C=O) groups is 2. The van der Waals surface area contributed by atoms with Crippen molar-refractivity contribution in [2.45, 2.75) is 45.2 Å². The summed E-state index contributed by atoms with van der Waals surface area (Å²) in [6, 6.07) is 18.1. The van der Waals surface area contributed by atoms with Crippen molar-refractivity contribution in [3.05, 3.63) is 87.9 Å². The lowest BCUT2D eigenvalue weighted by atomic mass is 10.1. The molecule has 0 aliphatic carbocycles. The van der Waals surface area contributed by atoms with Gasteiger partial charge in [0.1, 0.15) is 18.3 Å². The molecule has 0 spiro atoms. The highest BCUT2D eigenvalue weighted by atomic mass is 79.9. The Kier molecular flexibility index (Phi) is 10.2. The van der Waals surface area contributed by atoms with E-state index in [1.165, 1.54) is 24.1 Å². The predicted molar refractivity (Wildman–Crippen MR) is 156 cm³/mol.